The van der Waals surface area contributed by atoms with Crippen LogP contribution in [0.1, 0.15) is 30.6 Å². The lowest BCUT2D eigenvalue weighted by atomic mass is 10.2. The Morgan fingerprint density at radius 1 is 1.19 bits per heavy atom. The summed E-state index contributed by atoms with van der Waals surface area (Å²) >= 11 is 0. The Bertz CT molecular complexity index is 647. The molecular weight excluding hydrogens is 330 g/mol. The standard InChI is InChI=1S/C21H27NO4/c1-4-6-8-12-17(11-5-2)20(23)22-19(15-25-3)16-26-21(24)18-13-9-7-10-14-18/h5-14,19H,4,15-16H2,1-3H3,(H,22,23)/b8-6?,11-5-,17-12+. The molecule has 1 unspecified atom stereocenters. The number of carbonyl (C=O) groups excluding carboxylic acids is 2. The molecule has 1 aromatic rings. The number of hydrogen-bond acceptors (Lipinski definition) is 4. The average molecular weight is 357 g/mol. The third-order valence-electron chi connectivity index (χ3n) is 3.38. The topological polar surface area (TPSA) is 64.6 Å². The molecule has 26 heavy (non-hydrogen) atoms. The van der Waals surface area contributed by atoms with E-state index in [1.54, 1.807) is 42.5 Å². The van der Waals surface area contributed by atoms with Gasteiger partial charge < -0.3 is 14.8 Å². The van der Waals surface area contributed by atoms with Gasteiger partial charge in [0.25, 0.3) is 5.91 Å². The van der Waals surface area contributed by atoms with Crippen LogP contribution >= 0.6 is 0 Å². The smallest absolute Gasteiger partial charge is 0.338 e. The minimum absolute atomic E-state index is 0.0290. The highest BCUT2D eigenvalue weighted by molar-refractivity contribution is 5.96. The Morgan fingerprint density at radius 2 is 1.92 bits per heavy atom. The molecular formula is C21H27NO4. The first-order valence-corrected chi connectivity index (χ1v) is 8.63. The van der Waals surface area contributed by atoms with Gasteiger partial charge >= 0.3 is 5.97 Å². The molecule has 0 aromatic heterocycles. The number of esters is 1. The van der Waals surface area contributed by atoms with Gasteiger partial charge in [-0.25, -0.2) is 4.79 Å². The molecule has 0 aliphatic rings. The van der Waals surface area contributed by atoms with Crippen molar-refractivity contribution in [2.75, 3.05) is 20.3 Å². The predicted octanol–water partition coefficient (Wildman–Crippen LogP) is 3.44. The first kappa shape index (κ1) is 21.4. The third-order valence-corrected chi connectivity index (χ3v) is 3.38. The van der Waals surface area contributed by atoms with Crippen LogP contribution in [-0.2, 0) is 14.3 Å². The van der Waals surface area contributed by atoms with Gasteiger partial charge in [0.15, 0.2) is 0 Å². The van der Waals surface area contributed by atoms with Gasteiger partial charge in [-0.3, -0.25) is 4.79 Å². The van der Waals surface area contributed by atoms with Crippen LogP contribution in [0.15, 0.2) is 66.3 Å². The highest BCUT2D eigenvalue weighted by Gasteiger charge is 2.17. The van der Waals surface area contributed by atoms with Gasteiger partial charge in [0.05, 0.1) is 18.2 Å². The summed E-state index contributed by atoms with van der Waals surface area (Å²) in [6.45, 7) is 4.14. The lowest BCUT2D eigenvalue weighted by Gasteiger charge is -2.18. The maximum absolute atomic E-state index is 12.5. The molecule has 0 fully saturated rings. The van der Waals surface area contributed by atoms with Crippen molar-refractivity contribution in [2.24, 2.45) is 0 Å². The van der Waals surface area contributed by atoms with Crippen molar-refractivity contribution in [2.45, 2.75) is 26.3 Å². The largest absolute Gasteiger partial charge is 0.460 e. The van der Waals surface area contributed by atoms with E-state index in [1.165, 1.54) is 7.11 Å². The summed E-state index contributed by atoms with van der Waals surface area (Å²) in [6, 6.07) is 8.28. The molecule has 0 spiro atoms. The van der Waals surface area contributed by atoms with Crippen LogP contribution < -0.4 is 5.32 Å². The fraction of sp³-hybridized carbons (Fsp3) is 0.333. The minimum atomic E-state index is -0.441. The van der Waals surface area contributed by atoms with E-state index in [9.17, 15) is 9.59 Å². The Labute approximate surface area is 155 Å². The van der Waals surface area contributed by atoms with Crippen molar-refractivity contribution < 1.29 is 19.1 Å². The van der Waals surface area contributed by atoms with Crippen LogP contribution in [0.25, 0.3) is 0 Å². The molecule has 0 saturated carbocycles. The molecule has 0 radical (unpaired) electrons. The second-order valence-electron chi connectivity index (χ2n) is 5.55. The van der Waals surface area contributed by atoms with Gasteiger partial charge in [-0.2, -0.15) is 0 Å². The molecule has 1 rings (SSSR count). The molecule has 1 aromatic carbocycles. The van der Waals surface area contributed by atoms with Gasteiger partial charge in [-0.1, -0.05) is 49.4 Å². The molecule has 0 saturated heterocycles. The molecule has 0 heterocycles. The molecule has 0 bridgehead atoms. The maximum Gasteiger partial charge on any atom is 0.338 e. The van der Waals surface area contributed by atoms with Crippen molar-refractivity contribution in [3.8, 4) is 0 Å². The average Bonchev–Trinajstić information content (AvgIpc) is 2.66. The van der Waals surface area contributed by atoms with E-state index >= 15 is 0 Å². The monoisotopic (exact) mass is 357 g/mol. The lowest BCUT2D eigenvalue weighted by Crippen LogP contribution is -2.42. The highest BCUT2D eigenvalue weighted by Crippen LogP contribution is 2.04. The van der Waals surface area contributed by atoms with E-state index < -0.39 is 12.0 Å². The van der Waals surface area contributed by atoms with Gasteiger partial charge in [0, 0.05) is 12.7 Å². The summed E-state index contributed by atoms with van der Waals surface area (Å²) in [5.41, 5.74) is 0.988. The Hall–Kier alpha value is -2.66. The number of rotatable bonds is 10. The number of benzene rings is 1. The van der Waals surface area contributed by atoms with Crippen LogP contribution in [-0.4, -0.2) is 38.2 Å². The summed E-state index contributed by atoms with van der Waals surface area (Å²) in [5.74, 6) is -0.683. The zero-order valence-corrected chi connectivity index (χ0v) is 15.6. The first-order chi connectivity index (χ1) is 12.6. The first-order valence-electron chi connectivity index (χ1n) is 8.63. The van der Waals surface area contributed by atoms with Crippen molar-refractivity contribution >= 4 is 11.9 Å². The van der Waals surface area contributed by atoms with Gasteiger partial charge in [-0.15, -0.1) is 0 Å². The number of ether oxygens (including phenoxy) is 2. The van der Waals surface area contributed by atoms with Crippen molar-refractivity contribution in [1.29, 1.82) is 0 Å². The molecule has 140 valence electrons. The van der Waals surface area contributed by atoms with Crippen LogP contribution in [0.2, 0.25) is 0 Å². The molecule has 1 N–H and O–H groups in total. The Kier molecular flexibility index (Phi) is 10.4. The normalized spacial score (nSPS) is 13.1. The molecule has 0 aliphatic heterocycles. The van der Waals surface area contributed by atoms with E-state index in [4.69, 9.17) is 9.47 Å². The number of carbonyl (C=O) groups is 2. The molecule has 5 heteroatoms. The summed E-state index contributed by atoms with van der Waals surface area (Å²) in [4.78, 5) is 24.5. The predicted molar refractivity (Wildman–Crippen MR) is 103 cm³/mol. The zero-order valence-electron chi connectivity index (χ0n) is 15.6. The number of nitrogens with one attached hydrogen (secondary N) is 1. The SMILES string of the molecule is C/C=C\C(=C/C=CCC)C(=O)NC(COC)COC(=O)c1ccccc1. The summed E-state index contributed by atoms with van der Waals surface area (Å²) < 4.78 is 10.4. The fourth-order valence-corrected chi connectivity index (χ4v) is 2.13. The minimum Gasteiger partial charge on any atom is -0.460 e. The van der Waals surface area contributed by atoms with E-state index in [0.717, 1.165) is 6.42 Å². The Balaban J connectivity index is 2.70. The van der Waals surface area contributed by atoms with Gasteiger partial charge in [0.1, 0.15) is 6.61 Å². The lowest BCUT2D eigenvalue weighted by molar-refractivity contribution is -0.118. The molecule has 1 atom stereocenters. The van der Waals surface area contributed by atoms with Crippen LogP contribution in [0.4, 0.5) is 0 Å². The third kappa shape index (κ3) is 7.94. The number of amides is 1. The molecule has 0 aliphatic carbocycles. The van der Waals surface area contributed by atoms with E-state index in [-0.39, 0.29) is 19.1 Å². The Morgan fingerprint density at radius 3 is 2.54 bits per heavy atom. The van der Waals surface area contributed by atoms with Crippen LogP contribution in [0, 0.1) is 0 Å². The molecule has 5 nitrogen and oxygen atoms in total. The summed E-state index contributed by atoms with van der Waals surface area (Å²) in [7, 11) is 1.53. The summed E-state index contributed by atoms with van der Waals surface area (Å²) in [5, 5.41) is 2.84. The zero-order chi connectivity index (χ0) is 19.2. The second kappa shape index (κ2) is 12.7. The van der Waals surface area contributed by atoms with Crippen LogP contribution in [0.5, 0.6) is 0 Å². The number of allylic oxidation sites excluding steroid dienone is 4. The van der Waals surface area contributed by atoms with Crippen LogP contribution in [0.3, 0.4) is 0 Å². The van der Waals surface area contributed by atoms with Crippen molar-refractivity contribution in [1.82, 2.24) is 5.32 Å². The van der Waals surface area contributed by atoms with E-state index in [0.29, 0.717) is 11.1 Å². The van der Waals surface area contributed by atoms with Gasteiger partial charge in [-0.05, 0) is 31.6 Å². The maximum atomic E-state index is 12.5. The van der Waals surface area contributed by atoms with Gasteiger partial charge in [0.2, 0.25) is 0 Å². The van der Waals surface area contributed by atoms with E-state index in [1.807, 2.05) is 32.1 Å². The van der Waals surface area contributed by atoms with E-state index in [2.05, 4.69) is 5.32 Å². The number of hydrogen-bond donors (Lipinski definition) is 1. The second-order valence-corrected chi connectivity index (χ2v) is 5.55. The number of methoxy groups -OCH3 is 1. The molecule has 1 amide bonds. The quantitative estimate of drug-likeness (QED) is 0.396. The van der Waals surface area contributed by atoms with Crippen molar-refractivity contribution in [3.63, 3.8) is 0 Å². The highest BCUT2D eigenvalue weighted by atomic mass is 16.5. The summed E-state index contributed by atoms with van der Waals surface area (Å²) in [6.07, 6.45) is 9.98. The fourth-order valence-electron chi connectivity index (χ4n) is 2.13. The van der Waals surface area contributed by atoms with Crippen molar-refractivity contribution in [3.05, 3.63) is 71.8 Å².